The Morgan fingerprint density at radius 1 is 0.950 bits per heavy atom. The molecule has 0 radical (unpaired) electrons. The van der Waals surface area contributed by atoms with Crippen LogP contribution < -0.4 is 5.32 Å². The van der Waals surface area contributed by atoms with Crippen molar-refractivity contribution in [3.05, 3.63) is 0 Å². The Morgan fingerprint density at radius 2 is 1.65 bits per heavy atom. The fourth-order valence-corrected chi connectivity index (χ4v) is 4.29. The summed E-state index contributed by atoms with van der Waals surface area (Å²) < 4.78 is 0. The number of carbonyl (C=O) groups is 1. The molecule has 116 valence electrons. The quantitative estimate of drug-likeness (QED) is 0.807. The van der Waals surface area contributed by atoms with Crippen molar-refractivity contribution in [2.45, 2.75) is 70.3 Å². The second kappa shape index (κ2) is 7.13. The Balaban J connectivity index is 0.00000147. The van der Waals surface area contributed by atoms with E-state index in [1.807, 2.05) is 0 Å². The maximum Gasteiger partial charge on any atom is 0.239 e. The van der Waals surface area contributed by atoms with Crippen molar-refractivity contribution in [1.82, 2.24) is 10.2 Å². The molecule has 2 heterocycles. The predicted octanol–water partition coefficient (Wildman–Crippen LogP) is 3.12. The molecule has 3 nitrogen and oxygen atoms in total. The van der Waals surface area contributed by atoms with Crippen LogP contribution in [0.2, 0.25) is 0 Å². The number of rotatable bonds is 1. The lowest BCUT2D eigenvalue weighted by Gasteiger charge is -2.45. The SMILES string of the molecule is Cl.O=C([C@H]1CCCCN1)N1CCC2(CCCCC2)CC1. The third-order valence-electron chi connectivity index (χ3n) is 5.66. The number of carbonyl (C=O) groups excluding carboxylic acids is 1. The second-order valence-corrected chi connectivity index (χ2v) is 6.89. The summed E-state index contributed by atoms with van der Waals surface area (Å²) in [5, 5.41) is 3.40. The van der Waals surface area contributed by atoms with Gasteiger partial charge in [-0.05, 0) is 50.5 Å². The largest absolute Gasteiger partial charge is 0.341 e. The highest BCUT2D eigenvalue weighted by atomic mass is 35.5. The minimum absolute atomic E-state index is 0. The van der Waals surface area contributed by atoms with Gasteiger partial charge in [-0.3, -0.25) is 4.79 Å². The molecular formula is C16H29ClN2O. The highest BCUT2D eigenvalue weighted by Gasteiger charge is 2.37. The summed E-state index contributed by atoms with van der Waals surface area (Å²) in [7, 11) is 0. The first-order valence-corrected chi connectivity index (χ1v) is 8.31. The van der Waals surface area contributed by atoms with E-state index in [-0.39, 0.29) is 18.4 Å². The zero-order valence-electron chi connectivity index (χ0n) is 12.5. The molecule has 0 aromatic rings. The van der Waals surface area contributed by atoms with E-state index in [4.69, 9.17) is 0 Å². The van der Waals surface area contributed by atoms with Crippen molar-refractivity contribution >= 4 is 18.3 Å². The van der Waals surface area contributed by atoms with Crippen molar-refractivity contribution < 1.29 is 4.79 Å². The summed E-state index contributed by atoms with van der Waals surface area (Å²) in [6, 6.07) is 0.120. The average Bonchev–Trinajstić information content (AvgIpc) is 2.49. The molecule has 20 heavy (non-hydrogen) atoms. The van der Waals surface area contributed by atoms with Gasteiger partial charge in [0.15, 0.2) is 0 Å². The maximum atomic E-state index is 12.5. The van der Waals surface area contributed by atoms with Gasteiger partial charge in [0.1, 0.15) is 0 Å². The fourth-order valence-electron chi connectivity index (χ4n) is 4.29. The lowest BCUT2D eigenvalue weighted by atomic mass is 9.68. The number of likely N-dealkylation sites (tertiary alicyclic amines) is 1. The molecule has 0 bridgehead atoms. The molecule has 1 amide bonds. The van der Waals surface area contributed by atoms with E-state index in [0.717, 1.165) is 26.1 Å². The van der Waals surface area contributed by atoms with Gasteiger partial charge in [-0.2, -0.15) is 0 Å². The van der Waals surface area contributed by atoms with E-state index >= 15 is 0 Å². The van der Waals surface area contributed by atoms with Crippen LogP contribution >= 0.6 is 12.4 Å². The second-order valence-electron chi connectivity index (χ2n) is 6.89. The Hall–Kier alpha value is -0.280. The van der Waals surface area contributed by atoms with Gasteiger partial charge in [0.05, 0.1) is 6.04 Å². The van der Waals surface area contributed by atoms with Gasteiger partial charge in [-0.25, -0.2) is 0 Å². The van der Waals surface area contributed by atoms with Crippen molar-refractivity contribution in [2.24, 2.45) is 5.41 Å². The zero-order valence-corrected chi connectivity index (χ0v) is 13.3. The first-order valence-electron chi connectivity index (χ1n) is 8.31. The van der Waals surface area contributed by atoms with Gasteiger partial charge in [0.2, 0.25) is 5.91 Å². The fraction of sp³-hybridized carbons (Fsp3) is 0.938. The summed E-state index contributed by atoms with van der Waals surface area (Å²) in [6.07, 6.45) is 13.1. The zero-order chi connectivity index (χ0) is 13.1. The number of halogens is 1. The molecule has 3 aliphatic rings. The van der Waals surface area contributed by atoms with Crippen LogP contribution in [0.4, 0.5) is 0 Å². The maximum absolute atomic E-state index is 12.5. The number of nitrogens with zero attached hydrogens (tertiary/aromatic N) is 1. The Morgan fingerprint density at radius 3 is 2.25 bits per heavy atom. The van der Waals surface area contributed by atoms with E-state index in [1.165, 1.54) is 57.8 Å². The van der Waals surface area contributed by atoms with Crippen molar-refractivity contribution in [3.8, 4) is 0 Å². The smallest absolute Gasteiger partial charge is 0.239 e. The lowest BCUT2D eigenvalue weighted by Crippen LogP contribution is -2.52. The van der Waals surface area contributed by atoms with Gasteiger partial charge in [0, 0.05) is 13.1 Å². The van der Waals surface area contributed by atoms with Crippen LogP contribution in [0.25, 0.3) is 0 Å². The van der Waals surface area contributed by atoms with Gasteiger partial charge in [0.25, 0.3) is 0 Å². The van der Waals surface area contributed by atoms with Crippen molar-refractivity contribution in [2.75, 3.05) is 19.6 Å². The number of hydrogen-bond donors (Lipinski definition) is 1. The number of piperidine rings is 2. The first-order chi connectivity index (χ1) is 9.29. The van der Waals surface area contributed by atoms with Crippen LogP contribution in [0, 0.1) is 5.41 Å². The molecule has 1 spiro atoms. The van der Waals surface area contributed by atoms with Crippen LogP contribution in [0.15, 0.2) is 0 Å². The Kier molecular flexibility index (Phi) is 5.74. The van der Waals surface area contributed by atoms with Crippen LogP contribution in [0.1, 0.15) is 64.2 Å². The molecule has 0 unspecified atom stereocenters. The summed E-state index contributed by atoms with van der Waals surface area (Å²) in [5.74, 6) is 0.380. The number of hydrogen-bond acceptors (Lipinski definition) is 2. The molecule has 1 saturated carbocycles. The monoisotopic (exact) mass is 300 g/mol. The molecule has 0 aromatic carbocycles. The summed E-state index contributed by atoms with van der Waals surface area (Å²) in [6.45, 7) is 3.04. The Bertz CT molecular complexity index is 312. The average molecular weight is 301 g/mol. The van der Waals surface area contributed by atoms with Crippen molar-refractivity contribution in [3.63, 3.8) is 0 Å². The van der Waals surface area contributed by atoms with Crippen LogP contribution in [0.3, 0.4) is 0 Å². The molecule has 1 atom stereocenters. The van der Waals surface area contributed by atoms with Gasteiger partial charge < -0.3 is 10.2 Å². The molecule has 0 aromatic heterocycles. The summed E-state index contributed by atoms with van der Waals surface area (Å²) in [5.41, 5.74) is 0.606. The van der Waals surface area contributed by atoms with Crippen LogP contribution in [-0.2, 0) is 4.79 Å². The number of nitrogens with one attached hydrogen (secondary N) is 1. The minimum atomic E-state index is 0. The molecule has 3 fully saturated rings. The number of amides is 1. The molecule has 2 saturated heterocycles. The van der Waals surface area contributed by atoms with Gasteiger partial charge in [-0.15, -0.1) is 12.4 Å². The minimum Gasteiger partial charge on any atom is -0.341 e. The lowest BCUT2D eigenvalue weighted by molar-refractivity contribution is -0.136. The van der Waals surface area contributed by atoms with Gasteiger partial charge in [-0.1, -0.05) is 25.7 Å². The van der Waals surface area contributed by atoms with E-state index in [2.05, 4.69) is 10.2 Å². The molecular weight excluding hydrogens is 272 g/mol. The topological polar surface area (TPSA) is 32.3 Å². The normalized spacial score (nSPS) is 29.8. The highest BCUT2D eigenvalue weighted by Crippen LogP contribution is 2.44. The highest BCUT2D eigenvalue weighted by molar-refractivity contribution is 5.85. The molecule has 1 aliphatic carbocycles. The van der Waals surface area contributed by atoms with E-state index in [0.29, 0.717) is 11.3 Å². The predicted molar refractivity (Wildman–Crippen MR) is 84.2 cm³/mol. The third kappa shape index (κ3) is 3.48. The van der Waals surface area contributed by atoms with Crippen LogP contribution in [0.5, 0.6) is 0 Å². The van der Waals surface area contributed by atoms with Crippen LogP contribution in [-0.4, -0.2) is 36.5 Å². The van der Waals surface area contributed by atoms with E-state index in [9.17, 15) is 4.79 Å². The standard InChI is InChI=1S/C16H28N2O.ClH/c19-15(14-6-2-5-11-17-14)18-12-9-16(10-13-18)7-3-1-4-8-16;/h14,17H,1-13H2;1H/t14-;/m1./s1. The van der Waals surface area contributed by atoms with Crippen molar-refractivity contribution in [1.29, 1.82) is 0 Å². The first kappa shape index (κ1) is 16.1. The summed E-state index contributed by atoms with van der Waals surface area (Å²) in [4.78, 5) is 14.6. The third-order valence-corrected chi connectivity index (χ3v) is 5.66. The Labute approximate surface area is 129 Å². The van der Waals surface area contributed by atoms with E-state index < -0.39 is 0 Å². The summed E-state index contributed by atoms with van der Waals surface area (Å²) >= 11 is 0. The molecule has 3 rings (SSSR count). The molecule has 2 aliphatic heterocycles. The molecule has 1 N–H and O–H groups in total. The molecule has 4 heteroatoms. The van der Waals surface area contributed by atoms with Gasteiger partial charge >= 0.3 is 0 Å². The van der Waals surface area contributed by atoms with E-state index in [1.54, 1.807) is 0 Å².